The van der Waals surface area contributed by atoms with Crippen LogP contribution >= 0.6 is 0 Å². The quantitative estimate of drug-likeness (QED) is 0.406. The summed E-state index contributed by atoms with van der Waals surface area (Å²) < 4.78 is 53.5. The number of anilines is 1. The van der Waals surface area contributed by atoms with E-state index in [1.54, 1.807) is 36.4 Å². The first-order valence-corrected chi connectivity index (χ1v) is 12.3. The van der Waals surface area contributed by atoms with Gasteiger partial charge in [0.25, 0.3) is 10.0 Å². The zero-order valence-electron chi connectivity index (χ0n) is 16.3. The van der Waals surface area contributed by atoms with Gasteiger partial charge in [0.2, 0.25) is 0 Å². The molecule has 31 heavy (non-hydrogen) atoms. The number of para-hydroxylation sites is 1. The van der Waals surface area contributed by atoms with E-state index >= 15 is 0 Å². The van der Waals surface area contributed by atoms with E-state index in [0.29, 0.717) is 21.8 Å². The van der Waals surface area contributed by atoms with Crippen LogP contribution in [0.15, 0.2) is 70.5 Å². The lowest BCUT2D eigenvalue weighted by atomic mass is 10.1. The third-order valence-corrected chi connectivity index (χ3v) is 7.80. The van der Waals surface area contributed by atoms with Gasteiger partial charge in [0.05, 0.1) is 21.0 Å². The molecule has 4 aromatic rings. The number of sulfonamides is 1. The molecule has 0 fully saturated rings. The van der Waals surface area contributed by atoms with Gasteiger partial charge in [0.1, 0.15) is 0 Å². The molecule has 8 nitrogen and oxygen atoms in total. The van der Waals surface area contributed by atoms with Crippen molar-refractivity contribution >= 4 is 53.3 Å². The molecule has 0 saturated carbocycles. The second-order valence-electron chi connectivity index (χ2n) is 7.14. The average Bonchev–Trinajstić information content (AvgIpc) is 3.06. The van der Waals surface area contributed by atoms with Gasteiger partial charge in [-0.25, -0.2) is 16.8 Å². The van der Waals surface area contributed by atoms with Gasteiger partial charge in [-0.1, -0.05) is 35.9 Å². The Kier molecular flexibility index (Phi) is 4.98. The second-order valence-corrected chi connectivity index (χ2v) is 10.8. The third kappa shape index (κ3) is 3.99. The molecule has 3 aromatic carbocycles. The standard InChI is InChI=1S/C21H18N2O6S2/c1-13-6-8-14(9-7-13)31(28,29)23-19-11-15(30(26,27)12-20(24)25)10-17-16-4-2-3-5-18(16)22-21(17)19/h2-11,22-23H,12H2,1H3,(H,24,25). The van der Waals surface area contributed by atoms with E-state index in [-0.39, 0.29) is 15.5 Å². The van der Waals surface area contributed by atoms with Crippen LogP contribution in [-0.4, -0.2) is 38.6 Å². The largest absolute Gasteiger partial charge is 0.480 e. The van der Waals surface area contributed by atoms with Crippen LogP contribution in [0.4, 0.5) is 5.69 Å². The Morgan fingerprint density at radius 2 is 1.61 bits per heavy atom. The maximum absolute atomic E-state index is 12.9. The summed E-state index contributed by atoms with van der Waals surface area (Å²) in [6.45, 7) is 1.83. The number of sulfone groups is 1. The average molecular weight is 459 g/mol. The number of carboxylic acids is 1. The highest BCUT2D eigenvalue weighted by atomic mass is 32.2. The number of carbonyl (C=O) groups is 1. The molecule has 1 aromatic heterocycles. The molecule has 10 heteroatoms. The minimum atomic E-state index is -4.19. The fourth-order valence-electron chi connectivity index (χ4n) is 3.35. The molecular weight excluding hydrogens is 440 g/mol. The zero-order valence-corrected chi connectivity index (χ0v) is 17.9. The molecule has 160 valence electrons. The number of fused-ring (bicyclic) bond motifs is 3. The number of aryl methyl sites for hydroxylation is 1. The number of aromatic nitrogens is 1. The van der Waals surface area contributed by atoms with Crippen molar-refractivity contribution in [3.05, 3.63) is 66.2 Å². The van der Waals surface area contributed by atoms with Gasteiger partial charge >= 0.3 is 5.97 Å². The Balaban J connectivity index is 1.94. The van der Waals surface area contributed by atoms with Gasteiger partial charge in [-0.3, -0.25) is 9.52 Å². The summed E-state index contributed by atoms with van der Waals surface area (Å²) in [6.07, 6.45) is 0. The molecule has 4 rings (SSSR count). The summed E-state index contributed by atoms with van der Waals surface area (Å²) in [7, 11) is -8.22. The molecule has 1 heterocycles. The fraction of sp³-hybridized carbons (Fsp3) is 0.0952. The van der Waals surface area contributed by atoms with Gasteiger partial charge in [0.15, 0.2) is 15.6 Å². The number of hydrogen-bond donors (Lipinski definition) is 3. The van der Waals surface area contributed by atoms with Crippen LogP contribution in [0.1, 0.15) is 5.56 Å². The van der Waals surface area contributed by atoms with Crippen LogP contribution in [0, 0.1) is 6.92 Å². The zero-order chi connectivity index (χ0) is 22.4. The Hall–Kier alpha value is -3.37. The molecule has 0 spiro atoms. The van der Waals surface area contributed by atoms with E-state index in [0.717, 1.165) is 11.6 Å². The van der Waals surface area contributed by atoms with Crippen molar-refractivity contribution < 1.29 is 26.7 Å². The lowest BCUT2D eigenvalue weighted by Crippen LogP contribution is -2.17. The van der Waals surface area contributed by atoms with Crippen LogP contribution in [0.5, 0.6) is 0 Å². The smallest absolute Gasteiger partial charge is 0.319 e. The van der Waals surface area contributed by atoms with Crippen molar-refractivity contribution in [3.8, 4) is 0 Å². The predicted molar refractivity (Wildman–Crippen MR) is 117 cm³/mol. The number of hydrogen-bond acceptors (Lipinski definition) is 5. The highest BCUT2D eigenvalue weighted by Gasteiger charge is 2.24. The molecule has 0 aliphatic rings. The topological polar surface area (TPSA) is 133 Å². The summed E-state index contributed by atoms with van der Waals surface area (Å²) in [6, 6.07) is 15.8. The molecule has 0 amide bonds. The number of aromatic amines is 1. The van der Waals surface area contributed by atoms with Crippen LogP contribution in [0.3, 0.4) is 0 Å². The molecule has 0 bridgehead atoms. The van der Waals surface area contributed by atoms with E-state index in [9.17, 15) is 21.6 Å². The lowest BCUT2D eigenvalue weighted by Gasteiger charge is -2.12. The minimum Gasteiger partial charge on any atom is -0.480 e. The summed E-state index contributed by atoms with van der Waals surface area (Å²) in [4.78, 5) is 13.9. The Bertz CT molecular complexity index is 1540. The lowest BCUT2D eigenvalue weighted by molar-refractivity contribution is -0.134. The SMILES string of the molecule is Cc1ccc(S(=O)(=O)Nc2cc(S(=O)(=O)CC(=O)O)cc3c2[nH]c2ccccc23)cc1. The summed E-state index contributed by atoms with van der Waals surface area (Å²) in [5, 5.41) is 10.1. The van der Waals surface area contributed by atoms with E-state index in [2.05, 4.69) is 9.71 Å². The maximum atomic E-state index is 12.9. The predicted octanol–water partition coefficient (Wildman–Crippen LogP) is 3.29. The van der Waals surface area contributed by atoms with E-state index < -0.39 is 31.6 Å². The molecule has 0 radical (unpaired) electrons. The van der Waals surface area contributed by atoms with Gasteiger partial charge in [0, 0.05) is 16.3 Å². The number of rotatable bonds is 6. The van der Waals surface area contributed by atoms with Gasteiger partial charge in [-0.05, 0) is 37.3 Å². The molecule has 3 N–H and O–H groups in total. The number of carboxylic acid groups (broad SMARTS) is 1. The Morgan fingerprint density at radius 3 is 2.29 bits per heavy atom. The monoisotopic (exact) mass is 458 g/mol. The Labute approximate surface area is 178 Å². The molecule has 0 aliphatic heterocycles. The first-order chi connectivity index (χ1) is 14.6. The van der Waals surface area contributed by atoms with Crippen molar-refractivity contribution in [1.29, 1.82) is 0 Å². The normalized spacial score (nSPS) is 12.3. The highest BCUT2D eigenvalue weighted by molar-refractivity contribution is 7.93. The number of aliphatic carboxylic acids is 1. The summed E-state index contributed by atoms with van der Waals surface area (Å²) >= 11 is 0. The molecule has 0 aliphatic carbocycles. The van der Waals surface area contributed by atoms with Crippen molar-refractivity contribution in [3.63, 3.8) is 0 Å². The minimum absolute atomic E-state index is 0.0123. The van der Waals surface area contributed by atoms with E-state index in [1.807, 2.05) is 6.92 Å². The molecule has 0 saturated heterocycles. The van der Waals surface area contributed by atoms with Crippen LogP contribution < -0.4 is 4.72 Å². The van der Waals surface area contributed by atoms with Crippen molar-refractivity contribution in [2.45, 2.75) is 16.7 Å². The molecule has 0 unspecified atom stereocenters. The van der Waals surface area contributed by atoms with Gasteiger partial charge < -0.3 is 10.1 Å². The first kappa shape index (κ1) is 20.9. The summed E-state index contributed by atoms with van der Waals surface area (Å²) in [5.74, 6) is -2.61. The van der Waals surface area contributed by atoms with Crippen molar-refractivity contribution in [2.75, 3.05) is 10.5 Å². The summed E-state index contributed by atoms with van der Waals surface area (Å²) in [5.41, 5.74) is 1.98. The second kappa shape index (κ2) is 7.40. The van der Waals surface area contributed by atoms with Crippen LogP contribution in [0.2, 0.25) is 0 Å². The van der Waals surface area contributed by atoms with Gasteiger partial charge in [-0.2, -0.15) is 0 Å². The first-order valence-electron chi connectivity index (χ1n) is 9.15. The molecular formula is C21H18N2O6S2. The number of nitrogens with one attached hydrogen (secondary N) is 2. The number of H-pyrrole nitrogens is 1. The van der Waals surface area contributed by atoms with E-state index in [4.69, 9.17) is 5.11 Å². The Morgan fingerprint density at radius 1 is 0.935 bits per heavy atom. The van der Waals surface area contributed by atoms with E-state index in [1.165, 1.54) is 18.2 Å². The fourth-order valence-corrected chi connectivity index (χ4v) is 5.50. The van der Waals surface area contributed by atoms with Crippen molar-refractivity contribution in [1.82, 2.24) is 4.98 Å². The van der Waals surface area contributed by atoms with Crippen LogP contribution in [-0.2, 0) is 24.7 Å². The third-order valence-electron chi connectivity index (χ3n) is 4.84. The highest BCUT2D eigenvalue weighted by Crippen LogP contribution is 2.34. The maximum Gasteiger partial charge on any atom is 0.319 e. The molecule has 0 atom stereocenters. The van der Waals surface area contributed by atoms with Crippen LogP contribution in [0.25, 0.3) is 21.8 Å². The van der Waals surface area contributed by atoms with Gasteiger partial charge in [-0.15, -0.1) is 0 Å². The number of benzene rings is 3. The van der Waals surface area contributed by atoms with Crippen molar-refractivity contribution in [2.24, 2.45) is 0 Å².